The molecule has 0 N–H and O–H groups in total. The van der Waals surface area contributed by atoms with Crippen molar-refractivity contribution in [1.82, 2.24) is 0 Å². The third kappa shape index (κ3) is 5.88. The fourth-order valence-electron chi connectivity index (χ4n) is 1.43. The molecule has 0 amide bonds. The van der Waals surface area contributed by atoms with Crippen LogP contribution in [-0.4, -0.2) is 32.6 Å². The van der Waals surface area contributed by atoms with E-state index in [1.165, 1.54) is 18.2 Å². The predicted octanol–water partition coefficient (Wildman–Crippen LogP) is 2.38. The minimum absolute atomic E-state index is 0.0375. The SMILES string of the molecule is N#CC(CCCOC(=O)c1ccccc1)OS(=O)(=O)C(F)(F)F. The molecule has 0 aliphatic carbocycles. The van der Waals surface area contributed by atoms with Gasteiger partial charge in [-0.05, 0) is 25.0 Å². The molecule has 1 unspecified atom stereocenters. The summed E-state index contributed by atoms with van der Waals surface area (Å²) in [6, 6.07) is 9.28. The summed E-state index contributed by atoms with van der Waals surface area (Å²) in [7, 11) is -5.84. The van der Waals surface area contributed by atoms with Crippen LogP contribution in [0.1, 0.15) is 23.2 Å². The Hall–Kier alpha value is -2.12. The van der Waals surface area contributed by atoms with E-state index < -0.39 is 27.7 Å². The lowest BCUT2D eigenvalue weighted by Gasteiger charge is -2.12. The molecule has 23 heavy (non-hydrogen) atoms. The van der Waals surface area contributed by atoms with E-state index in [1.807, 2.05) is 0 Å². The highest BCUT2D eigenvalue weighted by Crippen LogP contribution is 2.26. The van der Waals surface area contributed by atoms with Gasteiger partial charge in [-0.3, -0.25) is 0 Å². The van der Waals surface area contributed by atoms with Crippen molar-refractivity contribution in [3.8, 4) is 6.07 Å². The molecule has 0 fully saturated rings. The molecular formula is C13H12F3NO5S. The highest BCUT2D eigenvalue weighted by Gasteiger charge is 2.48. The quantitative estimate of drug-likeness (QED) is 0.324. The maximum absolute atomic E-state index is 12.1. The molecule has 0 aliphatic heterocycles. The molecule has 0 aromatic heterocycles. The number of benzene rings is 1. The highest BCUT2D eigenvalue weighted by atomic mass is 32.2. The Labute approximate surface area is 130 Å². The first kappa shape index (κ1) is 18.9. The topological polar surface area (TPSA) is 93.5 Å². The molecule has 10 heteroatoms. The molecule has 1 rings (SSSR count). The van der Waals surface area contributed by atoms with Crippen LogP contribution in [0.4, 0.5) is 13.2 Å². The number of carbonyl (C=O) groups is 1. The van der Waals surface area contributed by atoms with Gasteiger partial charge in [-0.15, -0.1) is 0 Å². The Bertz CT molecular complexity index is 667. The summed E-state index contributed by atoms with van der Waals surface area (Å²) in [5.74, 6) is -0.636. The summed E-state index contributed by atoms with van der Waals surface area (Å²) in [4.78, 5) is 11.6. The molecule has 0 saturated carbocycles. The molecule has 1 atom stereocenters. The zero-order valence-electron chi connectivity index (χ0n) is 11.6. The minimum atomic E-state index is -5.84. The molecule has 0 radical (unpaired) electrons. The summed E-state index contributed by atoms with van der Waals surface area (Å²) in [5, 5.41) is 8.63. The van der Waals surface area contributed by atoms with Gasteiger partial charge in [0.1, 0.15) is 0 Å². The van der Waals surface area contributed by atoms with Gasteiger partial charge in [0.15, 0.2) is 6.10 Å². The maximum atomic E-state index is 12.1. The van der Waals surface area contributed by atoms with Crippen LogP contribution in [-0.2, 0) is 19.0 Å². The molecular weight excluding hydrogens is 339 g/mol. The van der Waals surface area contributed by atoms with Crippen LogP contribution in [0.15, 0.2) is 30.3 Å². The zero-order chi connectivity index (χ0) is 17.5. The van der Waals surface area contributed by atoms with Gasteiger partial charge in [-0.1, -0.05) is 18.2 Å². The third-order valence-electron chi connectivity index (χ3n) is 2.52. The maximum Gasteiger partial charge on any atom is 0.523 e. The number of ether oxygens (including phenoxy) is 1. The van der Waals surface area contributed by atoms with Crippen LogP contribution < -0.4 is 0 Å². The molecule has 0 heterocycles. The average molecular weight is 351 g/mol. The lowest BCUT2D eigenvalue weighted by Crippen LogP contribution is -2.29. The Morgan fingerprint density at radius 3 is 2.39 bits per heavy atom. The van der Waals surface area contributed by atoms with Crippen LogP contribution in [0, 0.1) is 11.3 Å². The van der Waals surface area contributed by atoms with Crippen molar-refractivity contribution in [3.63, 3.8) is 0 Å². The van der Waals surface area contributed by atoms with Crippen LogP contribution in [0.3, 0.4) is 0 Å². The summed E-state index contributed by atoms with van der Waals surface area (Å²) in [5.41, 5.74) is -5.30. The van der Waals surface area contributed by atoms with Crippen LogP contribution in [0.2, 0.25) is 0 Å². The Balaban J connectivity index is 2.42. The molecule has 0 saturated heterocycles. The molecule has 0 spiro atoms. The average Bonchev–Trinajstić information content (AvgIpc) is 2.49. The van der Waals surface area contributed by atoms with Gasteiger partial charge < -0.3 is 4.74 Å². The van der Waals surface area contributed by atoms with E-state index in [0.29, 0.717) is 5.56 Å². The number of hydrogen-bond acceptors (Lipinski definition) is 6. The smallest absolute Gasteiger partial charge is 0.462 e. The van der Waals surface area contributed by atoms with Crippen molar-refractivity contribution in [2.24, 2.45) is 0 Å². The lowest BCUT2D eigenvalue weighted by atomic mass is 10.2. The normalized spacial score (nSPS) is 13.1. The van der Waals surface area contributed by atoms with Gasteiger partial charge in [-0.2, -0.15) is 26.9 Å². The van der Waals surface area contributed by atoms with Gasteiger partial charge in [-0.25, -0.2) is 8.98 Å². The molecule has 1 aromatic rings. The fourth-order valence-corrected chi connectivity index (χ4v) is 1.99. The number of esters is 1. The van der Waals surface area contributed by atoms with E-state index in [4.69, 9.17) is 10.00 Å². The second-order valence-corrected chi connectivity index (χ2v) is 5.82. The van der Waals surface area contributed by atoms with Crippen LogP contribution in [0.5, 0.6) is 0 Å². The molecule has 6 nitrogen and oxygen atoms in total. The molecule has 0 aliphatic rings. The van der Waals surface area contributed by atoms with Gasteiger partial charge >= 0.3 is 21.6 Å². The monoisotopic (exact) mass is 351 g/mol. The van der Waals surface area contributed by atoms with Crippen LogP contribution >= 0.6 is 0 Å². The molecule has 126 valence electrons. The fraction of sp³-hybridized carbons (Fsp3) is 0.385. The number of nitriles is 1. The van der Waals surface area contributed by atoms with E-state index in [1.54, 1.807) is 18.2 Å². The van der Waals surface area contributed by atoms with Crippen molar-refractivity contribution in [3.05, 3.63) is 35.9 Å². The molecule has 0 bridgehead atoms. The van der Waals surface area contributed by atoms with E-state index in [2.05, 4.69) is 4.18 Å². The van der Waals surface area contributed by atoms with Crippen molar-refractivity contribution in [2.45, 2.75) is 24.5 Å². The summed E-state index contributed by atoms with van der Waals surface area (Å²) in [6.45, 7) is -0.193. The summed E-state index contributed by atoms with van der Waals surface area (Å²) in [6.07, 6.45) is -2.19. The molecule has 1 aromatic carbocycles. The number of halogens is 3. The number of hydrogen-bond donors (Lipinski definition) is 0. The number of carbonyl (C=O) groups excluding carboxylic acids is 1. The zero-order valence-corrected chi connectivity index (χ0v) is 12.4. The minimum Gasteiger partial charge on any atom is -0.462 e. The third-order valence-corrected chi connectivity index (χ3v) is 3.58. The summed E-state index contributed by atoms with van der Waals surface area (Å²) < 4.78 is 66.5. The van der Waals surface area contributed by atoms with Gasteiger partial charge in [0, 0.05) is 0 Å². The first-order chi connectivity index (χ1) is 10.7. The van der Waals surface area contributed by atoms with Crippen molar-refractivity contribution in [1.29, 1.82) is 5.26 Å². The Kier molecular flexibility index (Phi) is 6.53. The van der Waals surface area contributed by atoms with Gasteiger partial charge in [0.2, 0.25) is 0 Å². The Morgan fingerprint density at radius 1 is 1.26 bits per heavy atom. The van der Waals surface area contributed by atoms with Crippen molar-refractivity contribution >= 4 is 16.1 Å². The first-order valence-electron chi connectivity index (χ1n) is 6.28. The van der Waals surface area contributed by atoms with Crippen molar-refractivity contribution < 1.29 is 35.3 Å². The predicted molar refractivity (Wildman–Crippen MR) is 71.4 cm³/mol. The van der Waals surface area contributed by atoms with Crippen molar-refractivity contribution in [2.75, 3.05) is 6.61 Å². The van der Waals surface area contributed by atoms with E-state index in [-0.39, 0.29) is 19.4 Å². The van der Waals surface area contributed by atoms with E-state index >= 15 is 0 Å². The number of alkyl halides is 3. The highest BCUT2D eigenvalue weighted by molar-refractivity contribution is 7.87. The summed E-state index contributed by atoms with van der Waals surface area (Å²) >= 11 is 0. The number of rotatable bonds is 7. The van der Waals surface area contributed by atoms with Gasteiger partial charge in [0.25, 0.3) is 0 Å². The largest absolute Gasteiger partial charge is 0.523 e. The van der Waals surface area contributed by atoms with Gasteiger partial charge in [0.05, 0.1) is 18.2 Å². The Morgan fingerprint density at radius 2 is 1.87 bits per heavy atom. The second kappa shape index (κ2) is 7.94. The van der Waals surface area contributed by atoms with Crippen LogP contribution in [0.25, 0.3) is 0 Å². The van der Waals surface area contributed by atoms with E-state index in [0.717, 1.165) is 0 Å². The second-order valence-electron chi connectivity index (χ2n) is 4.26. The first-order valence-corrected chi connectivity index (χ1v) is 7.69. The lowest BCUT2D eigenvalue weighted by molar-refractivity contribution is -0.0560. The van der Waals surface area contributed by atoms with E-state index in [9.17, 15) is 26.4 Å². The number of nitrogens with zero attached hydrogens (tertiary/aromatic N) is 1. The standard InChI is InChI=1S/C13H12F3NO5S/c14-13(15,16)23(19,20)22-11(9-17)7-4-8-21-12(18)10-5-2-1-3-6-10/h1-3,5-6,11H,4,7-8H2.